The highest BCUT2D eigenvalue weighted by atomic mass is 35.5. The third kappa shape index (κ3) is 4.69. The third-order valence-corrected chi connectivity index (χ3v) is 5.47. The van der Waals surface area contributed by atoms with Crippen molar-refractivity contribution in [2.24, 2.45) is 0 Å². The number of ether oxygens (including phenoxy) is 1. The second-order valence-corrected chi connectivity index (χ2v) is 7.06. The van der Waals surface area contributed by atoms with E-state index in [2.05, 4.69) is 45.6 Å². The Kier molecular flexibility index (Phi) is 7.93. The van der Waals surface area contributed by atoms with Crippen molar-refractivity contribution in [1.29, 1.82) is 0 Å². The Balaban J connectivity index is 0.00000140. The Morgan fingerprint density at radius 3 is 2.29 bits per heavy atom. The zero-order valence-corrected chi connectivity index (χ0v) is 17.6. The lowest BCUT2D eigenvalue weighted by atomic mass is 9.70. The van der Waals surface area contributed by atoms with Gasteiger partial charge in [-0.2, -0.15) is 0 Å². The average Bonchev–Trinajstić information content (AvgIpc) is 3.18. The van der Waals surface area contributed by atoms with Crippen LogP contribution in [0.15, 0.2) is 60.8 Å². The number of methoxy groups -OCH3 is 1. The average molecular weight is 420 g/mol. The maximum absolute atomic E-state index is 5.24. The summed E-state index contributed by atoms with van der Waals surface area (Å²) in [5, 5.41) is 3.50. The molecule has 0 aliphatic carbocycles. The van der Waals surface area contributed by atoms with E-state index >= 15 is 0 Å². The molecular formula is C22H27Cl2N3O. The molecule has 2 heterocycles. The van der Waals surface area contributed by atoms with Gasteiger partial charge in [-0.1, -0.05) is 30.3 Å². The lowest BCUT2D eigenvalue weighted by Crippen LogP contribution is -2.41. The van der Waals surface area contributed by atoms with E-state index in [1.807, 2.05) is 30.5 Å². The standard InChI is InChI=1S/C22H25N3O.2ClH/c1-26-20-9-7-17(8-10-20)21-24-16-19(25-21)15-22(11-13-23-14-12-22)18-5-3-2-4-6-18;;/h2-10,16,23H,11-15H2,1H3,(H,24,25);2*1H. The number of nitrogens with one attached hydrogen (secondary N) is 2. The van der Waals surface area contributed by atoms with Gasteiger partial charge in [-0.15, -0.1) is 24.8 Å². The van der Waals surface area contributed by atoms with Gasteiger partial charge in [-0.3, -0.25) is 0 Å². The number of hydrogen-bond acceptors (Lipinski definition) is 3. The summed E-state index contributed by atoms with van der Waals surface area (Å²) < 4.78 is 5.24. The summed E-state index contributed by atoms with van der Waals surface area (Å²) in [4.78, 5) is 8.16. The van der Waals surface area contributed by atoms with Gasteiger partial charge in [-0.05, 0) is 62.2 Å². The summed E-state index contributed by atoms with van der Waals surface area (Å²) in [5.74, 6) is 1.78. The molecule has 6 heteroatoms. The van der Waals surface area contributed by atoms with Crippen molar-refractivity contribution >= 4 is 24.8 Å². The lowest BCUT2D eigenvalue weighted by Gasteiger charge is -2.38. The monoisotopic (exact) mass is 419 g/mol. The fourth-order valence-electron chi connectivity index (χ4n) is 3.97. The zero-order chi connectivity index (χ0) is 17.8. The highest BCUT2D eigenvalue weighted by Gasteiger charge is 2.34. The number of hydrogen-bond donors (Lipinski definition) is 2. The molecule has 28 heavy (non-hydrogen) atoms. The molecule has 1 aliphatic rings. The topological polar surface area (TPSA) is 49.9 Å². The van der Waals surface area contributed by atoms with E-state index in [-0.39, 0.29) is 30.2 Å². The van der Waals surface area contributed by atoms with Gasteiger partial charge < -0.3 is 15.0 Å². The van der Waals surface area contributed by atoms with Crippen molar-refractivity contribution in [3.05, 3.63) is 72.1 Å². The molecule has 3 aromatic rings. The highest BCUT2D eigenvalue weighted by molar-refractivity contribution is 5.85. The molecule has 0 bridgehead atoms. The fourth-order valence-corrected chi connectivity index (χ4v) is 3.97. The molecule has 1 aliphatic heterocycles. The molecule has 4 nitrogen and oxygen atoms in total. The molecular weight excluding hydrogens is 393 g/mol. The number of halogens is 2. The van der Waals surface area contributed by atoms with Crippen molar-refractivity contribution < 1.29 is 4.74 Å². The van der Waals surface area contributed by atoms with Crippen molar-refractivity contribution in [3.8, 4) is 17.1 Å². The minimum atomic E-state index is 0. The molecule has 150 valence electrons. The van der Waals surface area contributed by atoms with Crippen LogP contribution in [0.2, 0.25) is 0 Å². The van der Waals surface area contributed by atoms with E-state index in [9.17, 15) is 0 Å². The zero-order valence-electron chi connectivity index (χ0n) is 16.0. The van der Waals surface area contributed by atoms with Crippen LogP contribution in [-0.4, -0.2) is 30.2 Å². The molecule has 1 fully saturated rings. The summed E-state index contributed by atoms with van der Waals surface area (Å²) in [6.45, 7) is 2.13. The molecule has 1 saturated heterocycles. The van der Waals surface area contributed by atoms with Gasteiger partial charge in [0.05, 0.1) is 7.11 Å². The van der Waals surface area contributed by atoms with E-state index < -0.39 is 0 Å². The predicted octanol–water partition coefficient (Wildman–Crippen LogP) is 4.79. The maximum atomic E-state index is 5.24. The molecule has 1 aromatic heterocycles. The Bertz CT molecular complexity index is 844. The van der Waals surface area contributed by atoms with Crippen LogP contribution in [0.3, 0.4) is 0 Å². The number of imidazole rings is 1. The summed E-state index contributed by atoms with van der Waals surface area (Å²) in [7, 11) is 1.68. The first-order chi connectivity index (χ1) is 12.8. The minimum absolute atomic E-state index is 0. The van der Waals surface area contributed by atoms with Crippen LogP contribution < -0.4 is 10.1 Å². The molecule has 2 aromatic carbocycles. The van der Waals surface area contributed by atoms with Gasteiger partial charge in [0.15, 0.2) is 0 Å². The molecule has 0 atom stereocenters. The molecule has 0 saturated carbocycles. The van der Waals surface area contributed by atoms with E-state index in [0.29, 0.717) is 0 Å². The van der Waals surface area contributed by atoms with Gasteiger partial charge >= 0.3 is 0 Å². The van der Waals surface area contributed by atoms with Crippen LogP contribution in [-0.2, 0) is 11.8 Å². The highest BCUT2D eigenvalue weighted by Crippen LogP contribution is 2.36. The van der Waals surface area contributed by atoms with E-state index in [1.165, 1.54) is 11.3 Å². The van der Waals surface area contributed by atoms with Gasteiger partial charge in [0, 0.05) is 22.9 Å². The Labute approximate surface area is 178 Å². The number of benzene rings is 2. The Hall–Kier alpha value is -2.01. The van der Waals surface area contributed by atoms with Crippen LogP contribution in [0, 0.1) is 0 Å². The largest absolute Gasteiger partial charge is 0.497 e. The van der Waals surface area contributed by atoms with Crippen molar-refractivity contribution in [1.82, 2.24) is 15.3 Å². The second kappa shape index (κ2) is 9.97. The van der Waals surface area contributed by atoms with Gasteiger partial charge in [0.25, 0.3) is 0 Å². The predicted molar refractivity (Wildman–Crippen MR) is 119 cm³/mol. The van der Waals surface area contributed by atoms with E-state index in [1.54, 1.807) is 7.11 Å². The number of aromatic amines is 1. The Morgan fingerprint density at radius 2 is 1.64 bits per heavy atom. The van der Waals surface area contributed by atoms with Crippen molar-refractivity contribution in [2.45, 2.75) is 24.7 Å². The second-order valence-electron chi connectivity index (χ2n) is 7.06. The summed E-state index contributed by atoms with van der Waals surface area (Å²) in [5.41, 5.74) is 3.88. The minimum Gasteiger partial charge on any atom is -0.497 e. The number of piperidine rings is 1. The van der Waals surface area contributed by atoms with Crippen LogP contribution in [0.4, 0.5) is 0 Å². The van der Waals surface area contributed by atoms with E-state index in [0.717, 1.165) is 49.5 Å². The summed E-state index contributed by atoms with van der Waals surface area (Å²) in [6.07, 6.45) is 5.27. The number of aromatic nitrogens is 2. The first kappa shape index (κ1) is 22.3. The third-order valence-electron chi connectivity index (χ3n) is 5.47. The number of nitrogens with zero attached hydrogens (tertiary/aromatic N) is 1. The summed E-state index contributed by atoms with van der Waals surface area (Å²) in [6, 6.07) is 18.9. The number of H-pyrrole nitrogens is 1. The molecule has 0 spiro atoms. The Morgan fingerprint density at radius 1 is 0.964 bits per heavy atom. The van der Waals surface area contributed by atoms with Crippen molar-refractivity contribution in [3.63, 3.8) is 0 Å². The summed E-state index contributed by atoms with van der Waals surface area (Å²) >= 11 is 0. The van der Waals surface area contributed by atoms with Crippen LogP contribution in [0.25, 0.3) is 11.4 Å². The fraction of sp³-hybridized carbons (Fsp3) is 0.318. The molecule has 4 rings (SSSR count). The molecule has 2 N–H and O–H groups in total. The first-order valence-corrected chi connectivity index (χ1v) is 9.24. The smallest absolute Gasteiger partial charge is 0.137 e. The molecule has 0 unspecified atom stereocenters. The maximum Gasteiger partial charge on any atom is 0.137 e. The van der Waals surface area contributed by atoms with Gasteiger partial charge in [-0.25, -0.2) is 4.98 Å². The van der Waals surface area contributed by atoms with Crippen LogP contribution in [0.1, 0.15) is 24.1 Å². The van der Waals surface area contributed by atoms with Crippen LogP contribution in [0.5, 0.6) is 5.75 Å². The lowest BCUT2D eigenvalue weighted by molar-refractivity contribution is 0.303. The molecule has 0 amide bonds. The van der Waals surface area contributed by atoms with Gasteiger partial charge in [0.2, 0.25) is 0 Å². The quantitative estimate of drug-likeness (QED) is 0.624. The van der Waals surface area contributed by atoms with Gasteiger partial charge in [0.1, 0.15) is 11.6 Å². The normalized spacial score (nSPS) is 15.2. The number of rotatable bonds is 5. The molecule has 0 radical (unpaired) electrons. The first-order valence-electron chi connectivity index (χ1n) is 9.24. The SMILES string of the molecule is COc1ccc(-c2ncc(CC3(c4ccccc4)CCNCC3)[nH]2)cc1.Cl.Cl. The van der Waals surface area contributed by atoms with E-state index in [4.69, 9.17) is 4.74 Å². The van der Waals surface area contributed by atoms with Crippen molar-refractivity contribution in [2.75, 3.05) is 20.2 Å². The van der Waals surface area contributed by atoms with Crippen LogP contribution >= 0.6 is 24.8 Å².